The minimum Gasteiger partial charge on any atom is -0.397 e. The number of halogens is 1. The Bertz CT molecular complexity index is 595. The second-order valence-electron chi connectivity index (χ2n) is 5.21. The van der Waals surface area contributed by atoms with Gasteiger partial charge in [0.2, 0.25) is 10.0 Å². The predicted molar refractivity (Wildman–Crippen MR) is 74.4 cm³/mol. The molecule has 1 aliphatic heterocycles. The Hall–Kier alpha value is -0.820. The summed E-state index contributed by atoms with van der Waals surface area (Å²) in [6.45, 7) is 3.94. The first-order valence-electron chi connectivity index (χ1n) is 5.94. The van der Waals surface area contributed by atoms with E-state index in [0.717, 1.165) is 0 Å². The molecule has 1 fully saturated rings. The van der Waals surface area contributed by atoms with Crippen LogP contribution in [0, 0.1) is 5.92 Å². The third kappa shape index (κ3) is 2.45. The lowest BCUT2D eigenvalue weighted by atomic mass is 9.85. The normalized spacial score (nSPS) is 19.4. The number of benzene rings is 1. The first-order chi connectivity index (χ1) is 8.67. The standard InChI is InChI=1S/C12H17ClN2O3S/c1-8(2)12(16)6-15(7-12)19(17,18)9-3-4-10(13)11(14)5-9/h3-5,8,16H,6-7,14H2,1-2H3. The molecule has 0 amide bonds. The smallest absolute Gasteiger partial charge is 0.243 e. The number of aliphatic hydroxyl groups is 1. The molecule has 1 aliphatic rings. The van der Waals surface area contributed by atoms with Crippen LogP contribution in [0.25, 0.3) is 0 Å². The average molecular weight is 305 g/mol. The Kier molecular flexibility index (Phi) is 3.55. The molecule has 0 radical (unpaired) electrons. The van der Waals surface area contributed by atoms with E-state index in [-0.39, 0.29) is 29.6 Å². The molecule has 0 spiro atoms. The van der Waals surface area contributed by atoms with Gasteiger partial charge in [-0.3, -0.25) is 0 Å². The van der Waals surface area contributed by atoms with Crippen LogP contribution in [0.1, 0.15) is 13.8 Å². The van der Waals surface area contributed by atoms with Crippen molar-refractivity contribution in [1.29, 1.82) is 0 Å². The van der Waals surface area contributed by atoms with Gasteiger partial charge in [-0.05, 0) is 24.1 Å². The van der Waals surface area contributed by atoms with E-state index in [4.69, 9.17) is 17.3 Å². The molecule has 19 heavy (non-hydrogen) atoms. The summed E-state index contributed by atoms with van der Waals surface area (Å²) in [5.74, 6) is 0.00855. The van der Waals surface area contributed by atoms with Crippen LogP contribution >= 0.6 is 11.6 Å². The van der Waals surface area contributed by atoms with E-state index in [0.29, 0.717) is 5.02 Å². The van der Waals surface area contributed by atoms with Crippen molar-refractivity contribution in [2.45, 2.75) is 24.3 Å². The number of rotatable bonds is 3. The number of nitrogens with zero attached hydrogens (tertiary/aromatic N) is 1. The molecule has 3 N–H and O–H groups in total. The van der Waals surface area contributed by atoms with Crippen molar-refractivity contribution < 1.29 is 13.5 Å². The van der Waals surface area contributed by atoms with Crippen molar-refractivity contribution in [3.05, 3.63) is 23.2 Å². The van der Waals surface area contributed by atoms with Gasteiger partial charge in [-0.2, -0.15) is 4.31 Å². The van der Waals surface area contributed by atoms with Crippen molar-refractivity contribution in [3.63, 3.8) is 0 Å². The summed E-state index contributed by atoms with van der Waals surface area (Å²) >= 11 is 5.77. The largest absolute Gasteiger partial charge is 0.397 e. The molecule has 0 atom stereocenters. The molecular weight excluding hydrogens is 288 g/mol. The summed E-state index contributed by atoms with van der Waals surface area (Å²) in [6, 6.07) is 4.21. The van der Waals surface area contributed by atoms with Crippen molar-refractivity contribution in [1.82, 2.24) is 4.31 Å². The highest BCUT2D eigenvalue weighted by molar-refractivity contribution is 7.89. The Balaban J connectivity index is 2.23. The highest BCUT2D eigenvalue weighted by Gasteiger charge is 2.49. The molecular formula is C12H17ClN2O3S. The zero-order valence-corrected chi connectivity index (χ0v) is 12.4. The van der Waals surface area contributed by atoms with Gasteiger partial charge >= 0.3 is 0 Å². The zero-order valence-electron chi connectivity index (χ0n) is 10.8. The summed E-state index contributed by atoms with van der Waals surface area (Å²) in [5, 5.41) is 10.4. The molecule has 2 rings (SSSR count). The van der Waals surface area contributed by atoms with Gasteiger partial charge in [0.25, 0.3) is 0 Å². The average Bonchev–Trinajstić information content (AvgIpc) is 2.27. The maximum atomic E-state index is 12.3. The Morgan fingerprint density at radius 1 is 1.42 bits per heavy atom. The van der Waals surface area contributed by atoms with Crippen molar-refractivity contribution >= 4 is 27.3 Å². The third-order valence-corrected chi connectivity index (χ3v) is 5.71. The fourth-order valence-electron chi connectivity index (χ4n) is 1.93. The number of anilines is 1. The Morgan fingerprint density at radius 2 is 2.00 bits per heavy atom. The molecule has 0 unspecified atom stereocenters. The molecule has 106 valence electrons. The zero-order chi connectivity index (χ0) is 14.4. The second-order valence-corrected chi connectivity index (χ2v) is 7.56. The summed E-state index contributed by atoms with van der Waals surface area (Å²) in [7, 11) is -3.61. The SMILES string of the molecule is CC(C)C1(O)CN(S(=O)(=O)c2ccc(Cl)c(N)c2)C1. The number of nitrogens with two attached hydrogens (primary N) is 1. The van der Waals surface area contributed by atoms with Crippen LogP contribution in [-0.2, 0) is 10.0 Å². The number of hydrogen-bond acceptors (Lipinski definition) is 4. The van der Waals surface area contributed by atoms with Crippen LogP contribution in [0.5, 0.6) is 0 Å². The molecule has 1 aromatic rings. The van der Waals surface area contributed by atoms with E-state index < -0.39 is 15.6 Å². The molecule has 0 bridgehead atoms. The van der Waals surface area contributed by atoms with E-state index in [9.17, 15) is 13.5 Å². The van der Waals surface area contributed by atoms with Crippen LogP contribution in [0.3, 0.4) is 0 Å². The van der Waals surface area contributed by atoms with E-state index in [1.54, 1.807) is 0 Å². The lowest BCUT2D eigenvalue weighted by Gasteiger charge is -2.47. The van der Waals surface area contributed by atoms with Crippen molar-refractivity contribution in [2.75, 3.05) is 18.8 Å². The highest BCUT2D eigenvalue weighted by atomic mass is 35.5. The molecule has 1 saturated heterocycles. The first kappa shape index (κ1) is 14.6. The molecule has 1 heterocycles. The Labute approximate surface area is 118 Å². The maximum absolute atomic E-state index is 12.3. The van der Waals surface area contributed by atoms with E-state index in [1.807, 2.05) is 13.8 Å². The predicted octanol–water partition coefficient (Wildman–Crippen LogP) is 1.31. The van der Waals surface area contributed by atoms with Crippen LogP contribution in [0.15, 0.2) is 23.1 Å². The van der Waals surface area contributed by atoms with Gasteiger partial charge in [-0.15, -0.1) is 0 Å². The van der Waals surface area contributed by atoms with Crippen LogP contribution in [-0.4, -0.2) is 36.5 Å². The monoisotopic (exact) mass is 304 g/mol. The molecule has 0 aliphatic carbocycles. The topological polar surface area (TPSA) is 83.6 Å². The number of hydrogen-bond donors (Lipinski definition) is 2. The quantitative estimate of drug-likeness (QED) is 0.825. The fraction of sp³-hybridized carbons (Fsp3) is 0.500. The van der Waals surface area contributed by atoms with Gasteiger partial charge < -0.3 is 10.8 Å². The summed E-state index contributed by atoms with van der Waals surface area (Å²) in [5.41, 5.74) is 4.90. The van der Waals surface area contributed by atoms with Crippen LogP contribution in [0.4, 0.5) is 5.69 Å². The lowest BCUT2D eigenvalue weighted by molar-refractivity contribution is -0.0932. The van der Waals surface area contributed by atoms with Gasteiger partial charge in [0.1, 0.15) is 0 Å². The van der Waals surface area contributed by atoms with Crippen LogP contribution < -0.4 is 5.73 Å². The van der Waals surface area contributed by atoms with Gasteiger partial charge in [-0.1, -0.05) is 25.4 Å². The summed E-state index contributed by atoms with van der Waals surface area (Å²) in [4.78, 5) is 0.0974. The fourth-order valence-corrected chi connectivity index (χ4v) is 3.65. The second kappa shape index (κ2) is 4.63. The maximum Gasteiger partial charge on any atom is 0.243 e. The number of β-amino-alcohol motifs (C(OH)–C–C–N with tert-alkyl or cyclic N) is 1. The van der Waals surface area contributed by atoms with Gasteiger partial charge in [0, 0.05) is 13.1 Å². The van der Waals surface area contributed by atoms with Crippen molar-refractivity contribution in [2.24, 2.45) is 5.92 Å². The number of sulfonamides is 1. The van der Waals surface area contributed by atoms with Gasteiger partial charge in [0.15, 0.2) is 0 Å². The lowest BCUT2D eigenvalue weighted by Crippen LogP contribution is -2.65. The summed E-state index contributed by atoms with van der Waals surface area (Å²) in [6.07, 6.45) is 0. The van der Waals surface area contributed by atoms with Crippen molar-refractivity contribution in [3.8, 4) is 0 Å². The molecule has 0 saturated carbocycles. The molecule has 7 heteroatoms. The third-order valence-electron chi connectivity index (χ3n) is 3.58. The Morgan fingerprint density at radius 3 is 2.47 bits per heavy atom. The van der Waals surface area contributed by atoms with E-state index in [2.05, 4.69) is 0 Å². The van der Waals surface area contributed by atoms with E-state index >= 15 is 0 Å². The van der Waals surface area contributed by atoms with E-state index in [1.165, 1.54) is 22.5 Å². The number of nitrogen functional groups attached to an aromatic ring is 1. The first-order valence-corrected chi connectivity index (χ1v) is 7.76. The minimum absolute atomic E-state index is 0.00855. The van der Waals surface area contributed by atoms with Gasteiger partial charge in [0.05, 0.1) is 21.2 Å². The highest BCUT2D eigenvalue weighted by Crippen LogP contribution is 2.34. The molecule has 0 aromatic heterocycles. The molecule has 5 nitrogen and oxygen atoms in total. The van der Waals surface area contributed by atoms with Gasteiger partial charge in [-0.25, -0.2) is 8.42 Å². The minimum atomic E-state index is -3.61. The summed E-state index contributed by atoms with van der Waals surface area (Å²) < 4.78 is 25.9. The van der Waals surface area contributed by atoms with Crippen LogP contribution in [0.2, 0.25) is 5.02 Å². The molecule has 1 aromatic carbocycles.